The number of nitrogens with zero attached hydrogens (tertiary/aromatic N) is 4. The van der Waals surface area contributed by atoms with E-state index in [0.29, 0.717) is 32.7 Å². The number of aromatic nitrogens is 4. The van der Waals surface area contributed by atoms with Gasteiger partial charge in [0.25, 0.3) is 11.5 Å². The molecular weight excluding hydrogens is 517 g/mol. The Hall–Kier alpha value is -3.82. The second-order valence-corrected chi connectivity index (χ2v) is 9.61. The van der Waals surface area contributed by atoms with Crippen LogP contribution < -0.4 is 19.9 Å². The third-order valence-corrected chi connectivity index (χ3v) is 6.71. The van der Waals surface area contributed by atoms with Gasteiger partial charge in [0.2, 0.25) is 5.88 Å². The van der Waals surface area contributed by atoms with Gasteiger partial charge in [-0.05, 0) is 43.7 Å². The Balaban J connectivity index is 1.79. The van der Waals surface area contributed by atoms with Gasteiger partial charge in [-0.3, -0.25) is 14.5 Å². The van der Waals surface area contributed by atoms with Gasteiger partial charge in [-0.2, -0.15) is 4.98 Å². The molecule has 1 unspecified atom stereocenters. The van der Waals surface area contributed by atoms with Gasteiger partial charge < -0.3 is 19.0 Å². The van der Waals surface area contributed by atoms with Crippen molar-refractivity contribution in [3.63, 3.8) is 0 Å². The van der Waals surface area contributed by atoms with Crippen LogP contribution >= 0.6 is 23.2 Å². The smallest absolute Gasteiger partial charge is 0.319 e. The molecule has 1 aromatic carbocycles. The number of anilines is 1. The molecule has 0 aliphatic carbocycles. The van der Waals surface area contributed by atoms with Crippen molar-refractivity contribution >= 4 is 34.8 Å². The van der Waals surface area contributed by atoms with E-state index in [4.69, 9.17) is 32.7 Å². The van der Waals surface area contributed by atoms with Crippen LogP contribution in [0.3, 0.4) is 0 Å². The zero-order chi connectivity index (χ0) is 26.4. The lowest BCUT2D eigenvalue weighted by molar-refractivity contribution is 0.0993. The third-order valence-electron chi connectivity index (χ3n) is 6.24. The first-order valence-corrected chi connectivity index (χ1v) is 12.2. The number of methoxy groups -OCH3 is 2. The van der Waals surface area contributed by atoms with E-state index in [9.17, 15) is 9.59 Å². The van der Waals surface area contributed by atoms with E-state index < -0.39 is 11.6 Å². The van der Waals surface area contributed by atoms with E-state index in [1.165, 1.54) is 31.4 Å². The van der Waals surface area contributed by atoms with Crippen LogP contribution in [0, 0.1) is 0 Å². The van der Waals surface area contributed by atoms with Gasteiger partial charge in [-0.1, -0.05) is 35.3 Å². The summed E-state index contributed by atoms with van der Waals surface area (Å²) in [6, 6.07) is 9.93. The molecule has 1 N–H and O–H groups in total. The predicted octanol–water partition coefficient (Wildman–Crippen LogP) is 5.29. The van der Waals surface area contributed by atoms with Crippen LogP contribution in [0.4, 0.5) is 5.69 Å². The summed E-state index contributed by atoms with van der Waals surface area (Å²) in [7, 11) is 2.98. The summed E-state index contributed by atoms with van der Waals surface area (Å²) in [6.45, 7) is 4.03. The summed E-state index contributed by atoms with van der Waals surface area (Å²) in [5.41, 5.74) is 2.96. The molecule has 0 saturated carbocycles. The second kappa shape index (κ2) is 9.57. The van der Waals surface area contributed by atoms with Gasteiger partial charge in [-0.25, -0.2) is 4.98 Å². The highest BCUT2D eigenvalue weighted by Gasteiger charge is 2.44. The predicted molar refractivity (Wildman–Crippen MR) is 141 cm³/mol. The number of fused-ring (bicyclic) bond motifs is 1. The summed E-state index contributed by atoms with van der Waals surface area (Å²) in [5.74, 6) is -0.0275. The molecule has 0 fully saturated rings. The number of aromatic amines is 1. The lowest BCUT2D eigenvalue weighted by atomic mass is 10.0. The Morgan fingerprint density at radius 3 is 2.38 bits per heavy atom. The van der Waals surface area contributed by atoms with Crippen molar-refractivity contribution in [1.82, 2.24) is 19.5 Å². The molecule has 11 heteroatoms. The maximum atomic E-state index is 14.0. The van der Waals surface area contributed by atoms with Crippen molar-refractivity contribution in [2.75, 3.05) is 19.1 Å². The van der Waals surface area contributed by atoms with E-state index in [2.05, 4.69) is 15.0 Å². The topological polar surface area (TPSA) is 102 Å². The molecule has 1 aliphatic rings. The Labute approximate surface area is 222 Å². The van der Waals surface area contributed by atoms with Gasteiger partial charge in [-0.15, -0.1) is 0 Å². The zero-order valence-corrected chi connectivity index (χ0v) is 22.0. The molecule has 5 rings (SSSR count). The number of benzene rings is 1. The van der Waals surface area contributed by atoms with Crippen LogP contribution in [0.25, 0.3) is 11.3 Å². The van der Waals surface area contributed by atoms with Crippen molar-refractivity contribution in [3.05, 3.63) is 86.0 Å². The number of carbonyl (C=O) groups excluding carboxylic acids is 1. The number of amides is 1. The fourth-order valence-electron chi connectivity index (χ4n) is 4.73. The third kappa shape index (κ3) is 4.14. The average Bonchev–Trinajstić information content (AvgIpc) is 3.40. The first kappa shape index (κ1) is 24.9. The molecule has 3 aromatic heterocycles. The van der Waals surface area contributed by atoms with E-state index in [0.717, 1.165) is 11.3 Å². The van der Waals surface area contributed by atoms with E-state index >= 15 is 0 Å². The minimum Gasteiger partial charge on any atom is -0.480 e. The van der Waals surface area contributed by atoms with Gasteiger partial charge in [0.15, 0.2) is 0 Å². The summed E-state index contributed by atoms with van der Waals surface area (Å²) in [4.78, 5) is 39.5. The summed E-state index contributed by atoms with van der Waals surface area (Å²) >= 11 is 12.4. The molecule has 1 aliphatic heterocycles. The highest BCUT2D eigenvalue weighted by Crippen LogP contribution is 2.46. The molecular formula is C26H23Cl2N5O4. The molecule has 4 heterocycles. The largest absolute Gasteiger partial charge is 0.480 e. The standard InChI is InChI=1S/C26H23Cl2N5O4/c1-13(2)32-19(18-12-30-26(37-4)31-24(18)36-3)10-17-22(32)21(14-5-7-15(27)8-6-14)33(25(17)35)20-9-16(28)11-29-23(20)34/h5-13,21H,1-4H3,(H,29,34). The lowest BCUT2D eigenvalue weighted by Crippen LogP contribution is -2.34. The van der Waals surface area contributed by atoms with E-state index in [-0.39, 0.29) is 23.6 Å². The maximum Gasteiger partial charge on any atom is 0.319 e. The molecule has 4 aromatic rings. The van der Waals surface area contributed by atoms with Crippen LogP contribution in [0.5, 0.6) is 11.9 Å². The Morgan fingerprint density at radius 1 is 1.00 bits per heavy atom. The minimum absolute atomic E-state index is 0.0780. The fraction of sp³-hybridized carbons (Fsp3) is 0.231. The molecule has 37 heavy (non-hydrogen) atoms. The summed E-state index contributed by atoms with van der Waals surface area (Å²) < 4.78 is 12.7. The molecule has 0 spiro atoms. The molecule has 190 valence electrons. The lowest BCUT2D eigenvalue weighted by Gasteiger charge is -2.28. The number of pyridine rings is 1. The van der Waals surface area contributed by atoms with Gasteiger partial charge in [0.05, 0.1) is 41.8 Å². The summed E-state index contributed by atoms with van der Waals surface area (Å²) in [6.07, 6.45) is 3.00. The van der Waals surface area contributed by atoms with Crippen molar-refractivity contribution in [3.8, 4) is 23.1 Å². The van der Waals surface area contributed by atoms with Gasteiger partial charge >= 0.3 is 6.01 Å². The Kier molecular flexibility index (Phi) is 6.43. The number of H-pyrrole nitrogens is 1. The normalized spacial score (nSPS) is 14.8. The highest BCUT2D eigenvalue weighted by molar-refractivity contribution is 6.31. The first-order chi connectivity index (χ1) is 17.7. The average molecular weight is 540 g/mol. The Morgan fingerprint density at radius 2 is 1.73 bits per heavy atom. The number of rotatable bonds is 6. The molecule has 0 radical (unpaired) electrons. The molecule has 1 amide bonds. The van der Waals surface area contributed by atoms with Crippen LogP contribution in [-0.2, 0) is 0 Å². The van der Waals surface area contributed by atoms with Gasteiger partial charge in [0, 0.05) is 23.5 Å². The second-order valence-electron chi connectivity index (χ2n) is 8.73. The van der Waals surface area contributed by atoms with Crippen molar-refractivity contribution in [2.24, 2.45) is 0 Å². The molecule has 1 atom stereocenters. The van der Waals surface area contributed by atoms with Crippen LogP contribution in [0.15, 0.2) is 53.6 Å². The number of hydrogen-bond donors (Lipinski definition) is 1. The minimum atomic E-state index is -0.624. The number of carbonyl (C=O) groups is 1. The highest BCUT2D eigenvalue weighted by atomic mass is 35.5. The molecule has 0 saturated heterocycles. The quantitative estimate of drug-likeness (QED) is 0.357. The monoisotopic (exact) mass is 539 g/mol. The van der Waals surface area contributed by atoms with E-state index in [1.54, 1.807) is 24.4 Å². The Bertz CT molecular complexity index is 1560. The number of ether oxygens (including phenoxy) is 2. The summed E-state index contributed by atoms with van der Waals surface area (Å²) in [5, 5.41) is 0.863. The number of hydrogen-bond acceptors (Lipinski definition) is 6. The number of halogens is 2. The van der Waals surface area contributed by atoms with Crippen molar-refractivity contribution in [2.45, 2.75) is 25.9 Å². The van der Waals surface area contributed by atoms with Crippen LogP contribution in [-0.4, -0.2) is 39.6 Å². The molecule has 9 nitrogen and oxygen atoms in total. The van der Waals surface area contributed by atoms with Crippen molar-refractivity contribution < 1.29 is 14.3 Å². The zero-order valence-electron chi connectivity index (χ0n) is 20.5. The first-order valence-electron chi connectivity index (χ1n) is 11.4. The van der Waals surface area contributed by atoms with Crippen molar-refractivity contribution in [1.29, 1.82) is 0 Å². The SMILES string of the molecule is COc1ncc(-c2cc3c(n2C(C)C)C(c2ccc(Cl)cc2)N(c2cc(Cl)c[nH]c2=O)C3=O)c(OC)n1. The van der Waals surface area contributed by atoms with Crippen LogP contribution in [0.2, 0.25) is 10.0 Å². The van der Waals surface area contributed by atoms with Gasteiger partial charge in [0.1, 0.15) is 11.7 Å². The maximum absolute atomic E-state index is 14.0. The number of nitrogens with one attached hydrogen (secondary N) is 1. The van der Waals surface area contributed by atoms with E-state index in [1.807, 2.05) is 30.5 Å². The fourth-order valence-corrected chi connectivity index (χ4v) is 5.01. The molecule has 0 bridgehead atoms. The van der Waals surface area contributed by atoms with Crippen LogP contribution in [0.1, 0.15) is 47.5 Å².